The fourth-order valence-electron chi connectivity index (χ4n) is 3.14. The summed E-state index contributed by atoms with van der Waals surface area (Å²) >= 11 is 0. The zero-order valence-electron chi connectivity index (χ0n) is 11.0. The Kier molecular flexibility index (Phi) is 3.10. The van der Waals surface area contributed by atoms with Crippen LogP contribution in [0.5, 0.6) is 0 Å². The minimum Gasteiger partial charge on any atom is -0.355 e. The van der Waals surface area contributed by atoms with Crippen LogP contribution in [-0.2, 0) is 0 Å². The first-order valence-electron chi connectivity index (χ1n) is 6.75. The molecule has 2 aliphatic rings. The zero-order chi connectivity index (χ0) is 13.4. The fourth-order valence-corrected chi connectivity index (χ4v) is 3.14. The van der Waals surface area contributed by atoms with E-state index < -0.39 is 0 Å². The number of hydrogen-bond donors (Lipinski definition) is 1. The van der Waals surface area contributed by atoms with Gasteiger partial charge in [0.1, 0.15) is 11.5 Å². The van der Waals surface area contributed by atoms with Crippen molar-refractivity contribution in [1.29, 1.82) is 0 Å². The van der Waals surface area contributed by atoms with Crippen molar-refractivity contribution in [2.75, 3.05) is 24.5 Å². The van der Waals surface area contributed by atoms with E-state index in [0.717, 1.165) is 25.5 Å². The summed E-state index contributed by atoms with van der Waals surface area (Å²) in [5.74, 6) is 1.55. The molecule has 0 aromatic carbocycles. The average molecular weight is 262 g/mol. The standard InChI is InChI=1S/C13H18N4O2/c1-9-12(17(18)19)4-5-13(15-9)16-7-10-3-2-6-14-11(10)8-16/h4-5,10-11,14H,2-3,6-8H2,1H3/t10-,11+/m0/s1. The Balaban J connectivity index is 1.80. The number of nitrogens with one attached hydrogen (secondary N) is 1. The molecule has 1 aromatic rings. The highest BCUT2D eigenvalue weighted by Gasteiger charge is 2.34. The Morgan fingerprint density at radius 1 is 1.47 bits per heavy atom. The predicted octanol–water partition coefficient (Wildman–Crippen LogP) is 1.49. The lowest BCUT2D eigenvalue weighted by atomic mass is 9.94. The van der Waals surface area contributed by atoms with E-state index in [1.165, 1.54) is 12.8 Å². The number of aryl methyl sites for hydroxylation is 1. The molecule has 0 amide bonds. The number of hydrogen-bond acceptors (Lipinski definition) is 5. The Labute approximate surface area is 112 Å². The van der Waals surface area contributed by atoms with Gasteiger partial charge < -0.3 is 10.2 Å². The van der Waals surface area contributed by atoms with E-state index in [0.29, 0.717) is 17.7 Å². The highest BCUT2D eigenvalue weighted by Crippen LogP contribution is 2.29. The van der Waals surface area contributed by atoms with Crippen molar-refractivity contribution in [1.82, 2.24) is 10.3 Å². The van der Waals surface area contributed by atoms with Crippen molar-refractivity contribution in [2.24, 2.45) is 5.92 Å². The summed E-state index contributed by atoms with van der Waals surface area (Å²) in [6.07, 6.45) is 2.50. The van der Waals surface area contributed by atoms with Gasteiger partial charge in [-0.05, 0) is 38.3 Å². The van der Waals surface area contributed by atoms with Gasteiger partial charge in [-0.2, -0.15) is 0 Å². The first-order chi connectivity index (χ1) is 9.15. The number of rotatable bonds is 2. The minimum atomic E-state index is -0.378. The van der Waals surface area contributed by atoms with E-state index in [1.807, 2.05) is 0 Å². The predicted molar refractivity (Wildman–Crippen MR) is 72.4 cm³/mol. The van der Waals surface area contributed by atoms with Gasteiger partial charge in [0.05, 0.1) is 4.92 Å². The van der Waals surface area contributed by atoms with E-state index >= 15 is 0 Å². The van der Waals surface area contributed by atoms with E-state index in [-0.39, 0.29) is 10.6 Å². The summed E-state index contributed by atoms with van der Waals surface area (Å²) in [6.45, 7) is 4.75. The number of pyridine rings is 1. The molecule has 6 nitrogen and oxygen atoms in total. The van der Waals surface area contributed by atoms with Gasteiger partial charge in [0.2, 0.25) is 0 Å². The number of fused-ring (bicyclic) bond motifs is 1. The maximum atomic E-state index is 10.8. The molecule has 3 heterocycles. The molecule has 0 bridgehead atoms. The van der Waals surface area contributed by atoms with Crippen molar-refractivity contribution < 1.29 is 4.92 Å². The number of piperidine rings is 1. The van der Waals surface area contributed by atoms with Crippen LogP contribution in [0.4, 0.5) is 11.5 Å². The van der Waals surface area contributed by atoms with Gasteiger partial charge in [-0.1, -0.05) is 0 Å². The third-order valence-electron chi connectivity index (χ3n) is 4.16. The maximum Gasteiger partial charge on any atom is 0.290 e. The third kappa shape index (κ3) is 2.28. The first kappa shape index (κ1) is 12.3. The lowest BCUT2D eigenvalue weighted by Gasteiger charge is -2.24. The summed E-state index contributed by atoms with van der Waals surface area (Å²) in [5.41, 5.74) is 0.587. The topological polar surface area (TPSA) is 71.3 Å². The molecule has 1 aromatic heterocycles. The van der Waals surface area contributed by atoms with Crippen molar-refractivity contribution in [3.05, 3.63) is 27.9 Å². The Bertz CT molecular complexity index is 491. The number of nitrogens with zero attached hydrogens (tertiary/aromatic N) is 3. The minimum absolute atomic E-state index is 0.0958. The number of aromatic nitrogens is 1. The Morgan fingerprint density at radius 3 is 3.00 bits per heavy atom. The molecule has 0 saturated carbocycles. The second-order valence-corrected chi connectivity index (χ2v) is 5.40. The monoisotopic (exact) mass is 262 g/mol. The molecule has 2 atom stereocenters. The van der Waals surface area contributed by atoms with Gasteiger partial charge in [-0.15, -0.1) is 0 Å². The summed E-state index contributed by atoms with van der Waals surface area (Å²) in [5, 5.41) is 14.3. The maximum absolute atomic E-state index is 10.8. The smallest absolute Gasteiger partial charge is 0.290 e. The summed E-state index contributed by atoms with van der Waals surface area (Å²) in [4.78, 5) is 17.1. The molecule has 6 heteroatoms. The summed E-state index contributed by atoms with van der Waals surface area (Å²) in [6, 6.07) is 3.88. The molecule has 0 unspecified atom stereocenters. The van der Waals surface area contributed by atoms with Gasteiger partial charge in [-0.3, -0.25) is 10.1 Å². The van der Waals surface area contributed by atoms with E-state index in [1.54, 1.807) is 19.1 Å². The molecule has 0 radical (unpaired) electrons. The zero-order valence-corrected chi connectivity index (χ0v) is 11.0. The van der Waals surface area contributed by atoms with Crippen LogP contribution >= 0.6 is 0 Å². The van der Waals surface area contributed by atoms with Crippen LogP contribution in [0.25, 0.3) is 0 Å². The van der Waals surface area contributed by atoms with Gasteiger partial charge >= 0.3 is 0 Å². The Hall–Kier alpha value is -1.69. The lowest BCUT2D eigenvalue weighted by Crippen LogP contribution is -2.40. The fraction of sp³-hybridized carbons (Fsp3) is 0.615. The van der Waals surface area contributed by atoms with Crippen LogP contribution in [0.1, 0.15) is 18.5 Å². The first-order valence-corrected chi connectivity index (χ1v) is 6.75. The van der Waals surface area contributed by atoms with Gasteiger partial charge in [-0.25, -0.2) is 4.98 Å². The van der Waals surface area contributed by atoms with Crippen molar-refractivity contribution in [3.8, 4) is 0 Å². The third-order valence-corrected chi connectivity index (χ3v) is 4.16. The van der Waals surface area contributed by atoms with E-state index in [9.17, 15) is 10.1 Å². The van der Waals surface area contributed by atoms with E-state index in [2.05, 4.69) is 15.2 Å². The molecule has 3 rings (SSSR count). The second-order valence-electron chi connectivity index (χ2n) is 5.40. The van der Waals surface area contributed by atoms with Crippen molar-refractivity contribution in [2.45, 2.75) is 25.8 Å². The van der Waals surface area contributed by atoms with Crippen LogP contribution < -0.4 is 10.2 Å². The number of nitro groups is 1. The SMILES string of the molecule is Cc1nc(N2C[C@@H]3CCCN[C@@H]3C2)ccc1[N+](=O)[O-]. The van der Waals surface area contributed by atoms with Gasteiger partial charge in [0.15, 0.2) is 0 Å². The van der Waals surface area contributed by atoms with Crippen LogP contribution in [-0.4, -0.2) is 35.6 Å². The normalized spacial score (nSPS) is 26.3. The average Bonchev–Trinajstić information content (AvgIpc) is 2.81. The Morgan fingerprint density at radius 2 is 2.32 bits per heavy atom. The molecule has 2 saturated heterocycles. The van der Waals surface area contributed by atoms with Gasteiger partial charge in [0, 0.05) is 25.2 Å². The van der Waals surface area contributed by atoms with Crippen molar-refractivity contribution in [3.63, 3.8) is 0 Å². The molecule has 2 aliphatic heterocycles. The molecular weight excluding hydrogens is 244 g/mol. The van der Waals surface area contributed by atoms with Crippen LogP contribution in [0.15, 0.2) is 12.1 Å². The second kappa shape index (κ2) is 4.77. The lowest BCUT2D eigenvalue weighted by molar-refractivity contribution is -0.385. The molecule has 102 valence electrons. The number of anilines is 1. The highest BCUT2D eigenvalue weighted by atomic mass is 16.6. The van der Waals surface area contributed by atoms with Crippen molar-refractivity contribution >= 4 is 11.5 Å². The molecule has 0 spiro atoms. The molecule has 0 aliphatic carbocycles. The summed E-state index contributed by atoms with van der Waals surface area (Å²) < 4.78 is 0. The summed E-state index contributed by atoms with van der Waals surface area (Å²) in [7, 11) is 0. The quantitative estimate of drug-likeness (QED) is 0.645. The van der Waals surface area contributed by atoms with Crippen LogP contribution in [0.2, 0.25) is 0 Å². The molecule has 19 heavy (non-hydrogen) atoms. The molecule has 2 fully saturated rings. The van der Waals surface area contributed by atoms with Crippen LogP contribution in [0.3, 0.4) is 0 Å². The van der Waals surface area contributed by atoms with E-state index in [4.69, 9.17) is 0 Å². The molecular formula is C13H18N4O2. The largest absolute Gasteiger partial charge is 0.355 e. The van der Waals surface area contributed by atoms with Crippen LogP contribution in [0, 0.1) is 23.0 Å². The van der Waals surface area contributed by atoms with Gasteiger partial charge in [0.25, 0.3) is 5.69 Å². The highest BCUT2D eigenvalue weighted by molar-refractivity contribution is 5.48. The molecule has 1 N–H and O–H groups in total.